The number of rotatable bonds is 13. The first-order valence-electron chi connectivity index (χ1n) is 30.6. The number of likely N-dealkylation sites (N-methyl/N-ethyl adjacent to an activating group) is 1. The maximum absolute atomic E-state index is 16.2. The van der Waals surface area contributed by atoms with Gasteiger partial charge in [0.1, 0.15) is 30.1 Å². The standard InChI is InChI=1S/C62H104FN3O15/c1-17-47-60(13,73)52(70)38(8)66(26-20-24-64-56(72)62(75)33(3)27-42-41-30-44(63)43-29-40(67)21-23-57(43,10)49(41)46(68)31-58(42,62)11)25-19-22-61(74,18-2)53(81-55-50(69)45(65(14)15)28-34(4)77-55)35(5)51(36(6)54(71)79-47)80-48-32-59(12,76-16)37(7)39(9)78-48/h21,23,29,33-39,41-42,44-53,55,68-70,73-75H,17-20,22,24-28,30-32H2,1-16H3,(H,64,72)/t33-,34-,35+,36-,37-,38-,39-,41?,42?,44+,45-,46+,47-,48?,49?,50-,51+,52-,53-,55+,57+,58+,59+,60-,61-,62+/m1/s1. The van der Waals surface area contributed by atoms with E-state index in [1.165, 1.54) is 19.1 Å². The molecular weight excluding hydrogens is 1050 g/mol. The molecule has 7 aliphatic rings. The molecule has 18 nitrogen and oxygen atoms in total. The van der Waals surface area contributed by atoms with Crippen LogP contribution in [0.1, 0.15) is 154 Å². The summed E-state index contributed by atoms with van der Waals surface area (Å²) in [6.45, 7) is 24.5. The number of nitrogens with one attached hydrogen (secondary N) is 1. The fourth-order valence-electron chi connectivity index (χ4n) is 16.6. The van der Waals surface area contributed by atoms with E-state index in [4.69, 9.17) is 28.4 Å². The van der Waals surface area contributed by atoms with E-state index in [0.29, 0.717) is 44.2 Å². The maximum atomic E-state index is 16.2. The summed E-state index contributed by atoms with van der Waals surface area (Å²) in [5.74, 6) is -5.01. The van der Waals surface area contributed by atoms with Crippen LogP contribution >= 0.6 is 0 Å². The zero-order valence-electron chi connectivity index (χ0n) is 51.6. The highest BCUT2D eigenvalue weighted by atomic mass is 19.1. The number of hydrogen-bond donors (Lipinski definition) is 7. The third kappa shape index (κ3) is 12.2. The number of carbonyl (C=O) groups excluding carboxylic acids is 3. The second kappa shape index (κ2) is 25.1. The van der Waals surface area contributed by atoms with Gasteiger partial charge >= 0.3 is 5.97 Å². The number of allylic oxidation sites excluding steroid dienone is 4. The lowest BCUT2D eigenvalue weighted by molar-refractivity contribution is -0.314. The third-order valence-electron chi connectivity index (χ3n) is 22.2. The Bertz CT molecular complexity index is 2270. The van der Waals surface area contributed by atoms with Gasteiger partial charge in [0.15, 0.2) is 24.0 Å². The van der Waals surface area contributed by atoms with Gasteiger partial charge in [-0.1, -0.05) is 54.5 Å². The van der Waals surface area contributed by atoms with E-state index in [0.717, 1.165) is 0 Å². The first-order valence-corrected chi connectivity index (χ1v) is 30.6. The minimum absolute atomic E-state index is 0.00880. The van der Waals surface area contributed by atoms with Crippen LogP contribution in [0.25, 0.3) is 0 Å². The minimum Gasteiger partial charge on any atom is -0.459 e. The number of ketones is 1. The van der Waals surface area contributed by atoms with Crippen LogP contribution in [-0.2, 0) is 42.8 Å². The average Bonchev–Trinajstić information content (AvgIpc) is 3.78. The Morgan fingerprint density at radius 1 is 0.938 bits per heavy atom. The van der Waals surface area contributed by atoms with Crippen molar-refractivity contribution in [3.8, 4) is 0 Å². The molecule has 7 rings (SSSR count). The van der Waals surface area contributed by atoms with Gasteiger partial charge in [0.2, 0.25) is 0 Å². The van der Waals surface area contributed by atoms with Crippen LogP contribution in [0.15, 0.2) is 23.8 Å². The van der Waals surface area contributed by atoms with Gasteiger partial charge in [0.25, 0.3) is 5.91 Å². The molecule has 3 saturated heterocycles. The van der Waals surface area contributed by atoms with Crippen molar-refractivity contribution in [2.45, 2.75) is 256 Å². The lowest BCUT2D eigenvalue weighted by atomic mass is 9.46. The monoisotopic (exact) mass is 1150 g/mol. The fourth-order valence-corrected chi connectivity index (χ4v) is 16.6. The van der Waals surface area contributed by atoms with E-state index >= 15 is 4.39 Å². The van der Waals surface area contributed by atoms with Crippen molar-refractivity contribution in [1.82, 2.24) is 15.1 Å². The van der Waals surface area contributed by atoms with Crippen LogP contribution in [0.2, 0.25) is 0 Å². The molecule has 6 fully saturated rings. The summed E-state index contributed by atoms with van der Waals surface area (Å²) < 4.78 is 55.3. The summed E-state index contributed by atoms with van der Waals surface area (Å²) in [5, 5.41) is 77.6. The number of ether oxygens (including phenoxy) is 6. The lowest BCUT2D eigenvalue weighted by Crippen LogP contribution is -2.65. The summed E-state index contributed by atoms with van der Waals surface area (Å²) in [7, 11) is 5.41. The molecule has 3 saturated carbocycles. The van der Waals surface area contributed by atoms with Gasteiger partial charge in [-0.3, -0.25) is 19.3 Å². The maximum Gasteiger partial charge on any atom is 0.311 e. The number of methoxy groups -OCH3 is 1. The number of cyclic esters (lactones) is 1. The lowest BCUT2D eigenvalue weighted by Gasteiger charge is -2.60. The molecule has 0 aromatic rings. The molecule has 19 heteroatoms. The molecule has 0 bridgehead atoms. The molecule has 0 aromatic carbocycles. The molecule has 0 radical (unpaired) electrons. The molecule has 1 amide bonds. The molecule has 3 aliphatic heterocycles. The van der Waals surface area contributed by atoms with E-state index in [2.05, 4.69) is 12.2 Å². The average molecular weight is 1150 g/mol. The van der Waals surface area contributed by atoms with Crippen LogP contribution in [0.4, 0.5) is 4.39 Å². The van der Waals surface area contributed by atoms with Gasteiger partial charge in [0, 0.05) is 67.3 Å². The number of carbonyl (C=O) groups is 3. The normalized spacial score (nSPS) is 49.4. The Morgan fingerprint density at radius 3 is 2.25 bits per heavy atom. The molecule has 464 valence electrons. The molecule has 81 heavy (non-hydrogen) atoms. The molecule has 26 atom stereocenters. The Labute approximate surface area is 482 Å². The number of hydrogen-bond acceptors (Lipinski definition) is 17. The number of alkyl halides is 1. The van der Waals surface area contributed by atoms with Crippen molar-refractivity contribution < 1.29 is 77.8 Å². The summed E-state index contributed by atoms with van der Waals surface area (Å²) in [4.78, 5) is 45.7. The molecular formula is C62H104FN3O15. The van der Waals surface area contributed by atoms with Gasteiger partial charge in [0.05, 0.1) is 47.6 Å². The third-order valence-corrected chi connectivity index (χ3v) is 22.2. The molecule has 4 aliphatic carbocycles. The highest BCUT2D eigenvalue weighted by Crippen LogP contribution is 2.68. The van der Waals surface area contributed by atoms with Crippen LogP contribution in [0.5, 0.6) is 0 Å². The first-order chi connectivity index (χ1) is 37.7. The number of nitrogens with zero attached hydrogens (tertiary/aromatic N) is 2. The van der Waals surface area contributed by atoms with Crippen LogP contribution in [0.3, 0.4) is 0 Å². The van der Waals surface area contributed by atoms with Gasteiger partial charge in [-0.25, -0.2) is 4.39 Å². The van der Waals surface area contributed by atoms with Gasteiger partial charge in [-0.2, -0.15) is 0 Å². The van der Waals surface area contributed by atoms with Crippen molar-refractivity contribution in [2.75, 3.05) is 40.8 Å². The summed E-state index contributed by atoms with van der Waals surface area (Å²) >= 11 is 0. The minimum atomic E-state index is -1.97. The van der Waals surface area contributed by atoms with E-state index in [1.807, 2.05) is 79.3 Å². The molecule has 0 spiro atoms. The molecule has 4 unspecified atom stereocenters. The predicted molar refractivity (Wildman–Crippen MR) is 302 cm³/mol. The number of halogens is 1. The quantitative estimate of drug-likeness (QED) is 0.0902. The van der Waals surface area contributed by atoms with Crippen molar-refractivity contribution in [2.24, 2.45) is 52.3 Å². The zero-order valence-corrected chi connectivity index (χ0v) is 51.6. The number of esters is 1. The first kappa shape index (κ1) is 66.0. The van der Waals surface area contributed by atoms with E-state index < -0.39 is 130 Å². The highest BCUT2D eigenvalue weighted by Gasteiger charge is 2.71. The van der Waals surface area contributed by atoms with E-state index in [1.54, 1.807) is 34.0 Å². The van der Waals surface area contributed by atoms with Crippen LogP contribution in [-0.4, -0.2) is 201 Å². The second-order valence-electron chi connectivity index (χ2n) is 27.3. The van der Waals surface area contributed by atoms with Crippen LogP contribution < -0.4 is 5.32 Å². The van der Waals surface area contributed by atoms with Gasteiger partial charge in [-0.15, -0.1) is 0 Å². The molecule has 7 N–H and O–H groups in total. The number of fused-ring (bicyclic) bond motifs is 5. The Balaban J connectivity index is 1.15. The smallest absolute Gasteiger partial charge is 0.311 e. The fraction of sp³-hybridized carbons (Fsp3) is 0.887. The van der Waals surface area contributed by atoms with Crippen molar-refractivity contribution in [1.29, 1.82) is 0 Å². The molecule has 0 aromatic heterocycles. The topological polar surface area (TPSA) is 246 Å². The number of aliphatic hydroxyl groups is 6. The summed E-state index contributed by atoms with van der Waals surface area (Å²) in [6.07, 6.45) is -3.78. The molecule has 3 heterocycles. The van der Waals surface area contributed by atoms with E-state index in [-0.39, 0.29) is 87.0 Å². The summed E-state index contributed by atoms with van der Waals surface area (Å²) in [6, 6.07) is -1.10. The van der Waals surface area contributed by atoms with Gasteiger partial charge in [-0.05, 0) is 155 Å². The largest absolute Gasteiger partial charge is 0.459 e. The number of amides is 1. The summed E-state index contributed by atoms with van der Waals surface area (Å²) in [5.41, 5.74) is -7.76. The highest BCUT2D eigenvalue weighted by molar-refractivity contribution is 6.01. The van der Waals surface area contributed by atoms with Crippen molar-refractivity contribution in [3.63, 3.8) is 0 Å². The van der Waals surface area contributed by atoms with E-state index in [9.17, 15) is 45.0 Å². The zero-order chi connectivity index (χ0) is 60.3. The van der Waals surface area contributed by atoms with Crippen molar-refractivity contribution >= 4 is 17.7 Å². The Morgan fingerprint density at radius 2 is 1.62 bits per heavy atom. The number of aliphatic hydroxyl groups excluding tert-OH is 3. The SMILES string of the molecule is CC[C@H]1OC(=O)[C@H](C)[C@@H](OC2C[C@](C)(OC)[C@H](C)[C@@H](C)O2)[C@H](C)[C@@H](O[C@@H]2O[C@H](C)C[C@@H](N(C)C)[C@H]2O)[C@@](O)(CC)CCCN(CCCNC(=O)[C@@]2(O)[C@H](C)CC3C4C[C@H](F)C5=CC(=O)C=C[C@]5(C)C4[C@@H](O)C[C@@]32C)[C@H](C)[C@@H](O)[C@]1(C)O. The second-order valence-corrected chi connectivity index (χ2v) is 27.3. The van der Waals surface area contributed by atoms with Crippen LogP contribution in [0, 0.1) is 52.3 Å². The predicted octanol–water partition coefficient (Wildman–Crippen LogP) is 5.40. The Hall–Kier alpha value is -2.50. The Kier molecular flexibility index (Phi) is 20.4. The van der Waals surface area contributed by atoms with Gasteiger partial charge < -0.3 is 69.3 Å². The van der Waals surface area contributed by atoms with Crippen molar-refractivity contribution in [3.05, 3.63) is 23.8 Å².